The Kier molecular flexibility index (Phi) is 5.61. The van der Waals surface area contributed by atoms with Gasteiger partial charge >= 0.3 is 6.03 Å². The van der Waals surface area contributed by atoms with Crippen molar-refractivity contribution in [2.24, 2.45) is 5.92 Å². The molecule has 0 unspecified atom stereocenters. The summed E-state index contributed by atoms with van der Waals surface area (Å²) in [6.45, 7) is 5.17. The van der Waals surface area contributed by atoms with Crippen molar-refractivity contribution < 1.29 is 9.53 Å². The molecule has 0 radical (unpaired) electrons. The van der Waals surface area contributed by atoms with Crippen LogP contribution in [-0.4, -0.2) is 48.6 Å². The Hall–Kier alpha value is -2.53. The van der Waals surface area contributed by atoms with Crippen LogP contribution in [0.15, 0.2) is 48.5 Å². The first-order valence-corrected chi connectivity index (χ1v) is 11.7. The van der Waals surface area contributed by atoms with Gasteiger partial charge in [-0.3, -0.25) is 4.90 Å². The molecule has 3 aliphatic heterocycles. The maximum atomic E-state index is 13.3. The number of hydrogen-bond acceptors (Lipinski definition) is 3. The Morgan fingerprint density at radius 1 is 1.13 bits per heavy atom. The molecule has 164 valence electrons. The number of fused-ring (bicyclic) bond motifs is 4. The van der Waals surface area contributed by atoms with Crippen LogP contribution in [0, 0.1) is 5.92 Å². The summed E-state index contributed by atoms with van der Waals surface area (Å²) in [5.74, 6) is 1.41. The van der Waals surface area contributed by atoms with E-state index >= 15 is 0 Å². The number of piperidine rings is 2. The number of carbonyl (C=O) groups is 1. The van der Waals surface area contributed by atoms with Crippen LogP contribution in [0.2, 0.25) is 0 Å². The van der Waals surface area contributed by atoms with Crippen LogP contribution >= 0.6 is 0 Å². The van der Waals surface area contributed by atoms with E-state index in [2.05, 4.69) is 46.3 Å². The van der Waals surface area contributed by atoms with Crippen molar-refractivity contribution in [2.75, 3.05) is 26.7 Å². The van der Waals surface area contributed by atoms with Crippen molar-refractivity contribution in [2.45, 2.75) is 50.7 Å². The number of nitrogens with zero attached hydrogens (tertiary/aromatic N) is 2. The first-order valence-electron chi connectivity index (χ1n) is 11.7. The maximum Gasteiger partial charge on any atom is 0.318 e. The second-order valence-electron chi connectivity index (χ2n) is 9.30. The molecular weight excluding hydrogens is 386 g/mol. The van der Waals surface area contributed by atoms with Crippen LogP contribution in [0.4, 0.5) is 4.79 Å². The minimum atomic E-state index is -0.0331. The van der Waals surface area contributed by atoms with Gasteiger partial charge in [-0.05, 0) is 67.3 Å². The zero-order valence-electron chi connectivity index (χ0n) is 18.6. The highest BCUT2D eigenvalue weighted by molar-refractivity contribution is 5.75. The van der Waals surface area contributed by atoms with E-state index in [1.807, 2.05) is 24.3 Å². The van der Waals surface area contributed by atoms with E-state index in [1.54, 1.807) is 7.11 Å². The molecule has 5 rings (SSSR count). The van der Waals surface area contributed by atoms with Crippen LogP contribution in [-0.2, 0) is 6.42 Å². The minimum Gasteiger partial charge on any atom is -0.497 e. The van der Waals surface area contributed by atoms with E-state index < -0.39 is 0 Å². The molecule has 5 nitrogen and oxygen atoms in total. The number of methoxy groups -OCH3 is 1. The van der Waals surface area contributed by atoms with Crippen LogP contribution in [0.3, 0.4) is 0 Å². The first kappa shape index (κ1) is 20.4. The third kappa shape index (κ3) is 3.91. The van der Waals surface area contributed by atoms with Crippen LogP contribution in [0.25, 0.3) is 0 Å². The monoisotopic (exact) mass is 419 g/mol. The highest BCUT2D eigenvalue weighted by Gasteiger charge is 2.44. The molecule has 4 atom stereocenters. The third-order valence-electron chi connectivity index (χ3n) is 7.59. The van der Waals surface area contributed by atoms with Crippen molar-refractivity contribution in [1.82, 2.24) is 15.1 Å². The van der Waals surface area contributed by atoms with Crippen molar-refractivity contribution in [3.8, 4) is 5.75 Å². The molecule has 0 bridgehead atoms. The molecule has 0 spiro atoms. The molecule has 0 aliphatic carbocycles. The van der Waals surface area contributed by atoms with E-state index in [1.165, 1.54) is 17.5 Å². The summed E-state index contributed by atoms with van der Waals surface area (Å²) in [5, 5.41) is 3.26. The number of ether oxygens (including phenoxy) is 1. The molecule has 2 fully saturated rings. The quantitative estimate of drug-likeness (QED) is 0.794. The Morgan fingerprint density at radius 3 is 2.74 bits per heavy atom. The molecule has 2 amide bonds. The fraction of sp³-hybridized carbons (Fsp3) is 0.500. The highest BCUT2D eigenvalue weighted by atomic mass is 16.5. The molecule has 3 heterocycles. The van der Waals surface area contributed by atoms with Crippen LogP contribution < -0.4 is 10.1 Å². The Labute approximate surface area is 185 Å². The SMILES string of the molecule is COc1ccc([C@@H](C)NC(=O)N2CCC[C@H]3CN4CCc5ccccc5[C@H]4C[C@H]32)cc1. The highest BCUT2D eigenvalue weighted by Crippen LogP contribution is 2.42. The van der Waals surface area contributed by atoms with Gasteiger partial charge in [0.1, 0.15) is 5.75 Å². The van der Waals surface area contributed by atoms with Gasteiger partial charge in [-0.2, -0.15) is 0 Å². The van der Waals surface area contributed by atoms with Gasteiger partial charge in [0.2, 0.25) is 0 Å². The van der Waals surface area contributed by atoms with Crippen molar-refractivity contribution in [3.05, 3.63) is 65.2 Å². The number of likely N-dealkylation sites (tertiary alicyclic amines) is 1. The smallest absolute Gasteiger partial charge is 0.318 e. The van der Waals surface area contributed by atoms with E-state index in [0.717, 1.165) is 50.2 Å². The summed E-state index contributed by atoms with van der Waals surface area (Å²) >= 11 is 0. The number of amides is 2. The van der Waals surface area contributed by atoms with Gasteiger partial charge < -0.3 is 15.0 Å². The molecule has 2 saturated heterocycles. The summed E-state index contributed by atoms with van der Waals surface area (Å²) in [6, 6.07) is 17.7. The topological polar surface area (TPSA) is 44.8 Å². The third-order valence-corrected chi connectivity index (χ3v) is 7.59. The molecule has 1 N–H and O–H groups in total. The van der Waals surface area contributed by atoms with Gasteiger partial charge in [-0.15, -0.1) is 0 Å². The van der Waals surface area contributed by atoms with Crippen LogP contribution in [0.1, 0.15) is 55.0 Å². The lowest BCUT2D eigenvalue weighted by atomic mass is 9.77. The minimum absolute atomic E-state index is 0.0331. The van der Waals surface area contributed by atoms with Gasteiger partial charge in [0, 0.05) is 31.7 Å². The fourth-order valence-electron chi connectivity index (χ4n) is 5.89. The number of urea groups is 1. The molecule has 2 aromatic carbocycles. The first-order chi connectivity index (χ1) is 15.1. The normalized spacial score (nSPS) is 26.3. The summed E-state index contributed by atoms with van der Waals surface area (Å²) in [5.41, 5.74) is 4.06. The largest absolute Gasteiger partial charge is 0.497 e. The molecule has 0 saturated carbocycles. The molecule has 3 aliphatic rings. The summed E-state index contributed by atoms with van der Waals surface area (Å²) in [7, 11) is 1.67. The van der Waals surface area contributed by atoms with Crippen molar-refractivity contribution in [3.63, 3.8) is 0 Å². The lowest BCUT2D eigenvalue weighted by molar-refractivity contribution is 0.00533. The Balaban J connectivity index is 1.31. The van der Waals surface area contributed by atoms with E-state index in [0.29, 0.717) is 18.0 Å². The van der Waals surface area contributed by atoms with E-state index in [-0.39, 0.29) is 12.1 Å². The van der Waals surface area contributed by atoms with E-state index in [9.17, 15) is 4.79 Å². The van der Waals surface area contributed by atoms with Gasteiger partial charge in [-0.1, -0.05) is 36.4 Å². The number of rotatable bonds is 3. The number of hydrogen-bond donors (Lipinski definition) is 1. The average Bonchev–Trinajstić information content (AvgIpc) is 2.82. The molecule has 31 heavy (non-hydrogen) atoms. The predicted molar refractivity (Wildman–Crippen MR) is 122 cm³/mol. The second-order valence-corrected chi connectivity index (χ2v) is 9.30. The standard InChI is InChI=1S/C26H33N3O2/c1-18(19-9-11-22(31-2)12-10-19)27-26(30)29-14-5-7-21-17-28-15-13-20-6-3-4-8-23(20)25(28)16-24(21)29/h3-4,6,8-12,18,21,24-25H,5,7,13-17H2,1-2H3,(H,27,30)/t18-,21+,24-,25-/m1/s1. The maximum absolute atomic E-state index is 13.3. The van der Waals surface area contributed by atoms with Gasteiger partial charge in [0.25, 0.3) is 0 Å². The van der Waals surface area contributed by atoms with Gasteiger partial charge in [-0.25, -0.2) is 4.79 Å². The zero-order valence-corrected chi connectivity index (χ0v) is 18.6. The van der Waals surface area contributed by atoms with Crippen molar-refractivity contribution >= 4 is 6.03 Å². The van der Waals surface area contributed by atoms with Crippen molar-refractivity contribution in [1.29, 1.82) is 0 Å². The number of benzene rings is 2. The Morgan fingerprint density at radius 2 is 1.94 bits per heavy atom. The van der Waals surface area contributed by atoms with Gasteiger partial charge in [0.05, 0.1) is 13.2 Å². The Bertz CT molecular complexity index is 929. The lowest BCUT2D eigenvalue weighted by Gasteiger charge is -2.52. The molecule has 5 heteroatoms. The van der Waals surface area contributed by atoms with E-state index in [4.69, 9.17) is 4.74 Å². The fourth-order valence-corrected chi connectivity index (χ4v) is 5.89. The molecular formula is C26H33N3O2. The zero-order chi connectivity index (χ0) is 21.4. The summed E-state index contributed by atoms with van der Waals surface area (Å²) in [4.78, 5) is 18.2. The number of carbonyl (C=O) groups excluding carboxylic acids is 1. The molecule has 2 aromatic rings. The van der Waals surface area contributed by atoms with Crippen LogP contribution in [0.5, 0.6) is 5.75 Å². The van der Waals surface area contributed by atoms with Gasteiger partial charge in [0.15, 0.2) is 0 Å². The number of nitrogens with one attached hydrogen (secondary N) is 1. The summed E-state index contributed by atoms with van der Waals surface area (Å²) < 4.78 is 5.25. The predicted octanol–water partition coefficient (Wildman–Crippen LogP) is 4.55. The average molecular weight is 420 g/mol. The lowest BCUT2D eigenvalue weighted by Crippen LogP contribution is -2.59. The summed E-state index contributed by atoms with van der Waals surface area (Å²) in [6.07, 6.45) is 4.52. The second kappa shape index (κ2) is 8.54. The molecule has 0 aromatic heterocycles.